The second-order valence-corrected chi connectivity index (χ2v) is 8.25. The van der Waals surface area contributed by atoms with Gasteiger partial charge in [-0.15, -0.1) is 0 Å². The highest BCUT2D eigenvalue weighted by Gasteiger charge is 2.29. The first-order chi connectivity index (χ1) is 13.7. The molecule has 0 spiro atoms. The van der Waals surface area contributed by atoms with Gasteiger partial charge in [-0.25, -0.2) is 0 Å². The summed E-state index contributed by atoms with van der Waals surface area (Å²) >= 11 is 0. The average molecular weight is 387 g/mol. The highest BCUT2D eigenvalue weighted by molar-refractivity contribution is 5.81. The summed E-state index contributed by atoms with van der Waals surface area (Å²) in [5.41, 5.74) is 2.48. The summed E-state index contributed by atoms with van der Waals surface area (Å²) in [6, 6.07) is 6.33. The maximum atomic E-state index is 12.2. The van der Waals surface area contributed by atoms with Crippen molar-refractivity contribution < 1.29 is 14.3 Å². The zero-order valence-corrected chi connectivity index (χ0v) is 17.0. The van der Waals surface area contributed by atoms with Crippen LogP contribution in [0.3, 0.4) is 0 Å². The van der Waals surface area contributed by atoms with Crippen LogP contribution in [0, 0.1) is 5.92 Å². The lowest BCUT2D eigenvalue weighted by Crippen LogP contribution is -2.47. The smallest absolute Gasteiger partial charge is 0.207 e. The van der Waals surface area contributed by atoms with Crippen molar-refractivity contribution in [1.29, 1.82) is 0 Å². The summed E-state index contributed by atoms with van der Waals surface area (Å²) in [5.74, 6) is 1.75. The monoisotopic (exact) mass is 386 g/mol. The number of carbonyl (C=O) groups is 2. The first-order valence-corrected chi connectivity index (χ1v) is 10.9. The molecule has 5 nitrogen and oxygen atoms in total. The van der Waals surface area contributed by atoms with Crippen LogP contribution in [-0.2, 0) is 22.4 Å². The number of ketones is 1. The Morgan fingerprint density at radius 2 is 2.07 bits per heavy atom. The molecule has 0 radical (unpaired) electrons. The molecule has 2 atom stereocenters. The van der Waals surface area contributed by atoms with Crippen molar-refractivity contribution in [3.63, 3.8) is 0 Å². The Balaban J connectivity index is 1.57. The van der Waals surface area contributed by atoms with E-state index in [1.807, 2.05) is 0 Å². The second kappa shape index (κ2) is 10.6. The minimum Gasteiger partial charge on any atom is -0.489 e. The van der Waals surface area contributed by atoms with Crippen molar-refractivity contribution in [2.75, 3.05) is 13.1 Å². The average Bonchev–Trinajstić information content (AvgIpc) is 2.72. The number of rotatable bonds is 10. The molecule has 1 fully saturated rings. The maximum absolute atomic E-state index is 12.2. The van der Waals surface area contributed by atoms with Crippen LogP contribution in [-0.4, -0.2) is 37.4 Å². The van der Waals surface area contributed by atoms with Crippen LogP contribution in [0.2, 0.25) is 0 Å². The Bertz CT molecular complexity index is 655. The number of Topliss-reactive ketones (excluding diaryl/α,β-unsaturated/α-hetero) is 1. The van der Waals surface area contributed by atoms with E-state index < -0.39 is 0 Å². The largest absolute Gasteiger partial charge is 0.489 e. The van der Waals surface area contributed by atoms with E-state index in [1.165, 1.54) is 30.4 Å². The van der Waals surface area contributed by atoms with Gasteiger partial charge in [0.25, 0.3) is 0 Å². The van der Waals surface area contributed by atoms with Crippen LogP contribution in [0.5, 0.6) is 5.75 Å². The Hall–Kier alpha value is -1.88. The number of hydrogen-bond donors (Lipinski definition) is 2. The molecule has 1 aromatic rings. The highest BCUT2D eigenvalue weighted by Crippen LogP contribution is 2.32. The molecule has 2 unspecified atom stereocenters. The van der Waals surface area contributed by atoms with E-state index in [2.05, 4.69) is 28.8 Å². The molecular weight excluding hydrogens is 352 g/mol. The molecule has 1 saturated carbocycles. The SMILES string of the molecule is CC(=O)C(NCC1CCc2cccc(CCCNC=O)c2O1)C1CCCCC1. The third-order valence-corrected chi connectivity index (χ3v) is 6.17. The molecule has 0 bridgehead atoms. The van der Waals surface area contributed by atoms with Crippen molar-refractivity contribution >= 4 is 12.2 Å². The van der Waals surface area contributed by atoms with Gasteiger partial charge in [-0.2, -0.15) is 0 Å². The van der Waals surface area contributed by atoms with E-state index in [0.717, 1.165) is 57.2 Å². The molecule has 3 rings (SSSR count). The van der Waals surface area contributed by atoms with E-state index in [9.17, 15) is 9.59 Å². The number of ether oxygens (including phenoxy) is 1. The van der Waals surface area contributed by atoms with E-state index in [0.29, 0.717) is 12.5 Å². The molecule has 28 heavy (non-hydrogen) atoms. The Morgan fingerprint density at radius 3 is 2.82 bits per heavy atom. The van der Waals surface area contributed by atoms with Crippen LogP contribution in [0.15, 0.2) is 18.2 Å². The molecular formula is C23H34N2O3. The number of para-hydroxylation sites is 1. The van der Waals surface area contributed by atoms with E-state index >= 15 is 0 Å². The molecule has 2 aliphatic rings. The number of hydrogen-bond acceptors (Lipinski definition) is 4. The molecule has 1 amide bonds. The number of nitrogens with one attached hydrogen (secondary N) is 2. The van der Waals surface area contributed by atoms with Crippen LogP contribution in [0.1, 0.15) is 63.0 Å². The first kappa shape index (κ1) is 20.8. The van der Waals surface area contributed by atoms with E-state index in [1.54, 1.807) is 6.92 Å². The summed E-state index contributed by atoms with van der Waals surface area (Å²) in [5, 5.41) is 6.26. The highest BCUT2D eigenvalue weighted by atomic mass is 16.5. The van der Waals surface area contributed by atoms with Gasteiger partial charge < -0.3 is 15.4 Å². The van der Waals surface area contributed by atoms with Gasteiger partial charge in [-0.3, -0.25) is 9.59 Å². The second-order valence-electron chi connectivity index (χ2n) is 8.25. The molecule has 1 aromatic carbocycles. The van der Waals surface area contributed by atoms with Gasteiger partial charge in [-0.1, -0.05) is 37.5 Å². The molecule has 154 valence electrons. The zero-order valence-electron chi connectivity index (χ0n) is 17.0. The molecule has 0 aromatic heterocycles. The predicted octanol–water partition coefficient (Wildman–Crippen LogP) is 3.19. The fourth-order valence-corrected chi connectivity index (χ4v) is 4.68. The van der Waals surface area contributed by atoms with Gasteiger partial charge in [0.2, 0.25) is 6.41 Å². The van der Waals surface area contributed by atoms with Gasteiger partial charge in [0.1, 0.15) is 17.6 Å². The summed E-state index contributed by atoms with van der Waals surface area (Å²) < 4.78 is 6.37. The standard InChI is InChI=1S/C23H34N2O3/c1-17(27)22(18-7-3-2-4-8-18)25-15-21-13-12-20-10-5-9-19(23(20)28-21)11-6-14-24-16-26/h5,9-10,16,18,21-22,25H,2-4,6-8,11-15H2,1H3,(H,24,26). The molecule has 5 heteroatoms. The Kier molecular flexibility index (Phi) is 7.90. The van der Waals surface area contributed by atoms with Crippen molar-refractivity contribution in [1.82, 2.24) is 10.6 Å². The van der Waals surface area contributed by atoms with Crippen LogP contribution < -0.4 is 15.4 Å². The lowest BCUT2D eigenvalue weighted by Gasteiger charge is -2.33. The zero-order chi connectivity index (χ0) is 19.8. The third-order valence-electron chi connectivity index (χ3n) is 6.17. The lowest BCUT2D eigenvalue weighted by atomic mass is 9.82. The fraction of sp³-hybridized carbons (Fsp3) is 0.652. The summed E-state index contributed by atoms with van der Waals surface area (Å²) in [7, 11) is 0. The van der Waals surface area contributed by atoms with Crippen molar-refractivity contribution in [3.05, 3.63) is 29.3 Å². The van der Waals surface area contributed by atoms with Crippen LogP contribution >= 0.6 is 0 Å². The molecule has 0 saturated heterocycles. The minimum absolute atomic E-state index is 0.0324. The van der Waals surface area contributed by atoms with Gasteiger partial charge >= 0.3 is 0 Å². The lowest BCUT2D eigenvalue weighted by molar-refractivity contribution is -0.120. The van der Waals surface area contributed by atoms with E-state index in [-0.39, 0.29) is 17.9 Å². The minimum atomic E-state index is -0.0324. The van der Waals surface area contributed by atoms with Crippen LogP contribution in [0.4, 0.5) is 0 Å². The summed E-state index contributed by atoms with van der Waals surface area (Å²) in [4.78, 5) is 22.6. The van der Waals surface area contributed by atoms with Gasteiger partial charge in [0.05, 0.1) is 6.04 Å². The van der Waals surface area contributed by atoms with Crippen molar-refractivity contribution in [2.45, 2.75) is 76.9 Å². The van der Waals surface area contributed by atoms with Gasteiger partial charge in [-0.05, 0) is 62.5 Å². The number of benzene rings is 1. The molecule has 2 N–H and O–H groups in total. The van der Waals surface area contributed by atoms with Gasteiger partial charge in [0.15, 0.2) is 0 Å². The number of fused-ring (bicyclic) bond motifs is 1. The number of aryl methyl sites for hydroxylation is 2. The van der Waals surface area contributed by atoms with Crippen molar-refractivity contribution in [3.8, 4) is 5.75 Å². The first-order valence-electron chi connectivity index (χ1n) is 10.9. The number of amides is 1. The molecule has 1 heterocycles. The normalized spacial score (nSPS) is 20.7. The van der Waals surface area contributed by atoms with Gasteiger partial charge in [0, 0.05) is 13.1 Å². The van der Waals surface area contributed by atoms with E-state index in [4.69, 9.17) is 4.74 Å². The van der Waals surface area contributed by atoms with Crippen molar-refractivity contribution in [2.24, 2.45) is 5.92 Å². The predicted molar refractivity (Wildman–Crippen MR) is 111 cm³/mol. The fourth-order valence-electron chi connectivity index (χ4n) is 4.68. The number of carbonyl (C=O) groups excluding carboxylic acids is 2. The maximum Gasteiger partial charge on any atom is 0.207 e. The Labute approximate surface area is 168 Å². The molecule has 1 aliphatic carbocycles. The molecule has 1 aliphatic heterocycles. The summed E-state index contributed by atoms with van der Waals surface area (Å²) in [6.45, 7) is 3.12. The quantitative estimate of drug-likeness (QED) is 0.479. The summed E-state index contributed by atoms with van der Waals surface area (Å²) in [6.07, 6.45) is 10.7. The van der Waals surface area contributed by atoms with Crippen LogP contribution in [0.25, 0.3) is 0 Å². The Morgan fingerprint density at radius 1 is 1.25 bits per heavy atom. The third kappa shape index (κ3) is 5.57. The topological polar surface area (TPSA) is 67.4 Å².